The smallest absolute Gasteiger partial charge is 0.271 e. The van der Waals surface area contributed by atoms with Gasteiger partial charge in [0.05, 0.1) is 11.9 Å². The summed E-state index contributed by atoms with van der Waals surface area (Å²) in [7, 11) is 0. The number of amides is 2. The lowest BCUT2D eigenvalue weighted by Crippen LogP contribution is -2.38. The van der Waals surface area contributed by atoms with E-state index in [0.717, 1.165) is 6.42 Å². The van der Waals surface area contributed by atoms with Gasteiger partial charge in [0, 0.05) is 19.0 Å². The van der Waals surface area contributed by atoms with Gasteiger partial charge in [-0.25, -0.2) is 0 Å². The molecule has 1 aliphatic heterocycles. The fraction of sp³-hybridized carbons (Fsp3) is 0.444. The van der Waals surface area contributed by atoms with Crippen molar-refractivity contribution in [2.24, 2.45) is 0 Å². The highest BCUT2D eigenvalue weighted by Gasteiger charge is 2.21. The third kappa shape index (κ3) is 2.13. The molecular formula is C9H13N5O2. The van der Waals surface area contributed by atoms with Crippen LogP contribution < -0.4 is 16.4 Å². The van der Waals surface area contributed by atoms with Crippen LogP contribution in [0.15, 0.2) is 6.20 Å². The summed E-state index contributed by atoms with van der Waals surface area (Å²) in [4.78, 5) is 22.5. The highest BCUT2D eigenvalue weighted by molar-refractivity contribution is 5.97. The van der Waals surface area contributed by atoms with E-state index in [1.165, 1.54) is 6.20 Å². The van der Waals surface area contributed by atoms with Crippen LogP contribution in [0.5, 0.6) is 0 Å². The maximum atomic E-state index is 11.6. The molecule has 1 aliphatic rings. The van der Waals surface area contributed by atoms with Gasteiger partial charge in [-0.1, -0.05) is 0 Å². The maximum Gasteiger partial charge on any atom is 0.271 e. The van der Waals surface area contributed by atoms with Crippen molar-refractivity contribution >= 4 is 17.5 Å². The normalized spacial score (nSPS) is 19.5. The maximum absolute atomic E-state index is 11.6. The summed E-state index contributed by atoms with van der Waals surface area (Å²) in [5.41, 5.74) is 6.09. The molecule has 5 N–H and O–H groups in total. The molecule has 1 saturated heterocycles. The van der Waals surface area contributed by atoms with Crippen molar-refractivity contribution in [3.05, 3.63) is 11.9 Å². The molecule has 0 aliphatic carbocycles. The number of aromatic amines is 1. The Balaban J connectivity index is 1.85. The zero-order valence-corrected chi connectivity index (χ0v) is 8.62. The second-order valence-corrected chi connectivity index (χ2v) is 3.71. The molecule has 0 spiro atoms. The van der Waals surface area contributed by atoms with E-state index in [1.54, 1.807) is 0 Å². The number of carbonyl (C=O) groups excluding carboxylic acids is 2. The first-order valence-electron chi connectivity index (χ1n) is 5.03. The summed E-state index contributed by atoms with van der Waals surface area (Å²) in [5, 5.41) is 11.6. The number of H-pyrrole nitrogens is 1. The van der Waals surface area contributed by atoms with Crippen LogP contribution in [0.2, 0.25) is 0 Å². The third-order valence-electron chi connectivity index (χ3n) is 2.49. The summed E-state index contributed by atoms with van der Waals surface area (Å²) in [6.07, 6.45) is 2.65. The van der Waals surface area contributed by atoms with Crippen molar-refractivity contribution in [3.63, 3.8) is 0 Å². The minimum absolute atomic E-state index is 0.0144. The van der Waals surface area contributed by atoms with Crippen LogP contribution in [-0.2, 0) is 4.79 Å². The van der Waals surface area contributed by atoms with Gasteiger partial charge in [-0.3, -0.25) is 14.7 Å². The lowest BCUT2D eigenvalue weighted by molar-refractivity contribution is -0.119. The zero-order chi connectivity index (χ0) is 11.5. The predicted octanol–water partition coefficient (Wildman–Crippen LogP) is -1.000. The molecule has 0 saturated carbocycles. The standard InChI is InChI=1S/C9H13N5O2/c10-6-4-12-14-8(6)9(16)11-3-5-1-2-7(15)13-5/h4-5H,1-3,10H2,(H,11,16)(H,12,14)(H,13,15). The van der Waals surface area contributed by atoms with E-state index in [-0.39, 0.29) is 23.6 Å². The molecule has 0 bridgehead atoms. The van der Waals surface area contributed by atoms with E-state index in [4.69, 9.17) is 5.73 Å². The average Bonchev–Trinajstić information content (AvgIpc) is 2.84. The lowest BCUT2D eigenvalue weighted by atomic mass is 10.2. The monoisotopic (exact) mass is 223 g/mol. The van der Waals surface area contributed by atoms with Gasteiger partial charge in [-0.15, -0.1) is 0 Å². The second-order valence-electron chi connectivity index (χ2n) is 3.71. The number of aromatic nitrogens is 2. The van der Waals surface area contributed by atoms with Gasteiger partial charge in [-0.05, 0) is 6.42 Å². The molecule has 1 unspecified atom stereocenters. The first-order chi connectivity index (χ1) is 7.66. The molecule has 7 heteroatoms. The zero-order valence-electron chi connectivity index (χ0n) is 8.62. The van der Waals surface area contributed by atoms with Crippen molar-refractivity contribution in [2.45, 2.75) is 18.9 Å². The van der Waals surface area contributed by atoms with E-state index < -0.39 is 0 Å². The van der Waals surface area contributed by atoms with Gasteiger partial charge >= 0.3 is 0 Å². The number of hydrogen-bond donors (Lipinski definition) is 4. The van der Waals surface area contributed by atoms with E-state index in [2.05, 4.69) is 20.8 Å². The molecule has 1 aromatic rings. The Labute approximate surface area is 91.8 Å². The summed E-state index contributed by atoms with van der Waals surface area (Å²) < 4.78 is 0. The number of nitrogens with zero attached hydrogens (tertiary/aromatic N) is 1. The fourth-order valence-corrected chi connectivity index (χ4v) is 1.61. The number of nitrogens with two attached hydrogens (primary N) is 1. The minimum atomic E-state index is -0.309. The van der Waals surface area contributed by atoms with Gasteiger partial charge in [0.15, 0.2) is 0 Å². The average molecular weight is 223 g/mol. The van der Waals surface area contributed by atoms with E-state index in [9.17, 15) is 9.59 Å². The van der Waals surface area contributed by atoms with Gasteiger partial charge in [-0.2, -0.15) is 5.10 Å². The Morgan fingerprint density at radius 2 is 2.50 bits per heavy atom. The SMILES string of the molecule is Nc1cn[nH]c1C(=O)NCC1CCC(=O)N1. The third-order valence-corrected chi connectivity index (χ3v) is 2.49. The number of anilines is 1. The van der Waals surface area contributed by atoms with Crippen LogP contribution in [0, 0.1) is 0 Å². The molecule has 2 heterocycles. The minimum Gasteiger partial charge on any atom is -0.396 e. The van der Waals surface area contributed by atoms with Crippen LogP contribution in [0.3, 0.4) is 0 Å². The van der Waals surface area contributed by atoms with E-state index >= 15 is 0 Å². The molecule has 1 aromatic heterocycles. The molecule has 86 valence electrons. The van der Waals surface area contributed by atoms with Gasteiger partial charge < -0.3 is 16.4 Å². The highest BCUT2D eigenvalue weighted by atomic mass is 16.2. The van der Waals surface area contributed by atoms with Crippen molar-refractivity contribution in [3.8, 4) is 0 Å². The summed E-state index contributed by atoms with van der Waals surface area (Å²) in [5.74, 6) is -0.281. The number of carbonyl (C=O) groups is 2. The Kier molecular flexibility index (Phi) is 2.76. The van der Waals surface area contributed by atoms with Crippen molar-refractivity contribution in [2.75, 3.05) is 12.3 Å². The molecule has 0 aromatic carbocycles. The fourth-order valence-electron chi connectivity index (χ4n) is 1.61. The molecule has 16 heavy (non-hydrogen) atoms. The number of nitrogens with one attached hydrogen (secondary N) is 3. The second kappa shape index (κ2) is 4.21. The number of rotatable bonds is 3. The van der Waals surface area contributed by atoms with Crippen LogP contribution in [-0.4, -0.2) is 34.6 Å². The Bertz CT molecular complexity index is 414. The van der Waals surface area contributed by atoms with Crippen molar-refractivity contribution in [1.29, 1.82) is 0 Å². The van der Waals surface area contributed by atoms with Gasteiger partial charge in [0.1, 0.15) is 5.69 Å². The number of hydrogen-bond acceptors (Lipinski definition) is 4. The van der Waals surface area contributed by atoms with E-state index in [1.807, 2.05) is 0 Å². The molecule has 2 amide bonds. The first kappa shape index (κ1) is 10.5. The summed E-state index contributed by atoms with van der Waals surface area (Å²) in [6, 6.07) is 0.0144. The van der Waals surface area contributed by atoms with Gasteiger partial charge in [0.25, 0.3) is 5.91 Å². The van der Waals surface area contributed by atoms with Crippen LogP contribution in [0.4, 0.5) is 5.69 Å². The van der Waals surface area contributed by atoms with Gasteiger partial charge in [0.2, 0.25) is 5.91 Å². The molecule has 0 radical (unpaired) electrons. The topological polar surface area (TPSA) is 113 Å². The molecule has 2 rings (SSSR count). The Hall–Kier alpha value is -2.05. The summed E-state index contributed by atoms with van der Waals surface area (Å²) in [6.45, 7) is 0.406. The molecular weight excluding hydrogens is 210 g/mol. The van der Waals surface area contributed by atoms with E-state index in [0.29, 0.717) is 18.7 Å². The molecule has 7 nitrogen and oxygen atoms in total. The molecule has 1 atom stereocenters. The largest absolute Gasteiger partial charge is 0.396 e. The Morgan fingerprint density at radius 1 is 1.69 bits per heavy atom. The number of nitrogen functional groups attached to an aromatic ring is 1. The summed E-state index contributed by atoms with van der Waals surface area (Å²) >= 11 is 0. The molecule has 1 fully saturated rings. The van der Waals surface area contributed by atoms with Crippen LogP contribution in [0.25, 0.3) is 0 Å². The van der Waals surface area contributed by atoms with Crippen molar-refractivity contribution < 1.29 is 9.59 Å². The highest BCUT2D eigenvalue weighted by Crippen LogP contribution is 2.07. The quantitative estimate of drug-likeness (QED) is 0.526. The van der Waals surface area contributed by atoms with Crippen LogP contribution in [0.1, 0.15) is 23.3 Å². The Morgan fingerprint density at radius 3 is 3.06 bits per heavy atom. The lowest BCUT2D eigenvalue weighted by Gasteiger charge is -2.10. The van der Waals surface area contributed by atoms with Crippen molar-refractivity contribution in [1.82, 2.24) is 20.8 Å². The van der Waals surface area contributed by atoms with Crippen LogP contribution >= 0.6 is 0 Å². The predicted molar refractivity (Wildman–Crippen MR) is 56.5 cm³/mol. The first-order valence-corrected chi connectivity index (χ1v) is 5.03.